The normalized spacial score (nSPS) is 14.9. The molecule has 4 rings (SSSR count). The molecule has 1 aromatic heterocycles. The largest absolute Gasteiger partial charge is 0.492 e. The molecule has 7 nitrogen and oxygen atoms in total. The van der Waals surface area contributed by atoms with Crippen LogP contribution in [0.5, 0.6) is 5.75 Å². The van der Waals surface area contributed by atoms with Crippen molar-refractivity contribution in [3.05, 3.63) is 51.6 Å². The Hall–Kier alpha value is -2.62. The molecule has 0 spiro atoms. The van der Waals surface area contributed by atoms with Crippen molar-refractivity contribution >= 4 is 51.2 Å². The van der Waals surface area contributed by atoms with Crippen molar-refractivity contribution in [2.24, 2.45) is 5.92 Å². The molecule has 4 N–H and O–H groups in total. The summed E-state index contributed by atoms with van der Waals surface area (Å²) in [6, 6.07) is 13.3. The Morgan fingerprint density at radius 2 is 1.83 bits per heavy atom. The van der Waals surface area contributed by atoms with Crippen molar-refractivity contribution in [1.82, 2.24) is 14.9 Å². The average molecular weight is 503 g/mol. The summed E-state index contributed by atoms with van der Waals surface area (Å²) in [5.74, 6) is 1.61. The van der Waals surface area contributed by atoms with Crippen LogP contribution in [-0.4, -0.2) is 40.5 Å². The summed E-state index contributed by atoms with van der Waals surface area (Å²) in [4.78, 5) is 22.8. The number of anilines is 2. The molecule has 0 bridgehead atoms. The molecule has 0 unspecified atom stereocenters. The minimum absolute atomic E-state index is 0.0948. The van der Waals surface area contributed by atoms with E-state index in [0.717, 1.165) is 35.1 Å². The Morgan fingerprint density at radius 1 is 1.10 bits per heavy atom. The molecule has 0 saturated carbocycles. The third-order valence-electron chi connectivity index (χ3n) is 5.20. The van der Waals surface area contributed by atoms with Gasteiger partial charge < -0.3 is 21.1 Å². The number of ether oxygens (including phenoxy) is 1. The molecule has 0 aliphatic carbocycles. The van der Waals surface area contributed by atoms with Crippen molar-refractivity contribution in [2.75, 3.05) is 31.2 Å². The number of carbonyl (C=O) groups is 1. The standard InChI is InChI=1S/C21H22IN5O2/c22-15-6-4-14(5-7-15)20(28)27-10-8-13(9-11-27)12-29-17-3-1-2-16-18(17)19(23)26-21(24)25-16/h1-7,13H,8-12H2,(H4,23,24,25,26). The van der Waals surface area contributed by atoms with Crippen LogP contribution in [0.1, 0.15) is 23.2 Å². The van der Waals surface area contributed by atoms with Gasteiger partial charge in [-0.15, -0.1) is 0 Å². The molecule has 1 aliphatic heterocycles. The van der Waals surface area contributed by atoms with Gasteiger partial charge >= 0.3 is 0 Å². The van der Waals surface area contributed by atoms with Gasteiger partial charge in [0.2, 0.25) is 5.95 Å². The lowest BCUT2D eigenvalue weighted by molar-refractivity contribution is 0.0661. The maximum absolute atomic E-state index is 12.7. The maximum Gasteiger partial charge on any atom is 0.253 e. The fourth-order valence-corrected chi connectivity index (χ4v) is 3.96. The van der Waals surface area contributed by atoms with Gasteiger partial charge in [-0.3, -0.25) is 4.79 Å². The van der Waals surface area contributed by atoms with Gasteiger partial charge in [0.25, 0.3) is 5.91 Å². The highest BCUT2D eigenvalue weighted by atomic mass is 127. The van der Waals surface area contributed by atoms with Crippen LogP contribution < -0.4 is 16.2 Å². The number of amides is 1. The fraction of sp³-hybridized carbons (Fsp3) is 0.286. The second kappa shape index (κ2) is 8.40. The first-order valence-corrected chi connectivity index (χ1v) is 10.6. The van der Waals surface area contributed by atoms with E-state index in [0.29, 0.717) is 35.0 Å². The highest BCUT2D eigenvalue weighted by Gasteiger charge is 2.24. The second-order valence-corrected chi connectivity index (χ2v) is 8.42. The van der Waals surface area contributed by atoms with Crippen LogP contribution in [0.25, 0.3) is 10.9 Å². The predicted molar refractivity (Wildman–Crippen MR) is 122 cm³/mol. The molecule has 0 atom stereocenters. The number of nitrogens with two attached hydrogens (primary N) is 2. The Morgan fingerprint density at radius 3 is 2.55 bits per heavy atom. The van der Waals surface area contributed by atoms with Crippen molar-refractivity contribution in [2.45, 2.75) is 12.8 Å². The van der Waals surface area contributed by atoms with Crippen LogP contribution in [0, 0.1) is 9.49 Å². The Bertz CT molecular complexity index is 1030. The minimum Gasteiger partial charge on any atom is -0.492 e. The van der Waals surface area contributed by atoms with Gasteiger partial charge in [0, 0.05) is 22.2 Å². The van der Waals surface area contributed by atoms with Crippen LogP contribution in [0.15, 0.2) is 42.5 Å². The summed E-state index contributed by atoms with van der Waals surface area (Å²) in [5, 5.41) is 0.688. The number of likely N-dealkylation sites (tertiary alicyclic amines) is 1. The van der Waals surface area contributed by atoms with Gasteiger partial charge in [0.05, 0.1) is 17.5 Å². The first-order chi connectivity index (χ1) is 14.0. The number of carbonyl (C=O) groups excluding carboxylic acids is 1. The molecule has 150 valence electrons. The lowest BCUT2D eigenvalue weighted by atomic mass is 9.97. The van der Waals surface area contributed by atoms with Gasteiger partial charge in [-0.2, -0.15) is 4.98 Å². The van der Waals surface area contributed by atoms with E-state index in [4.69, 9.17) is 16.2 Å². The van der Waals surface area contributed by atoms with Gasteiger partial charge in [-0.05, 0) is 77.7 Å². The highest BCUT2D eigenvalue weighted by molar-refractivity contribution is 14.1. The van der Waals surface area contributed by atoms with Crippen molar-refractivity contribution < 1.29 is 9.53 Å². The molecule has 1 saturated heterocycles. The number of benzene rings is 2. The van der Waals surface area contributed by atoms with E-state index >= 15 is 0 Å². The molecule has 3 aromatic rings. The van der Waals surface area contributed by atoms with E-state index in [-0.39, 0.29) is 11.9 Å². The van der Waals surface area contributed by atoms with Crippen molar-refractivity contribution in [1.29, 1.82) is 0 Å². The lowest BCUT2D eigenvalue weighted by Crippen LogP contribution is -2.39. The monoisotopic (exact) mass is 503 g/mol. The lowest BCUT2D eigenvalue weighted by Gasteiger charge is -2.32. The third-order valence-corrected chi connectivity index (χ3v) is 5.92. The molecule has 8 heteroatoms. The number of halogens is 1. The van der Waals surface area contributed by atoms with E-state index < -0.39 is 0 Å². The Balaban J connectivity index is 1.37. The highest BCUT2D eigenvalue weighted by Crippen LogP contribution is 2.30. The summed E-state index contributed by atoms with van der Waals surface area (Å²) < 4.78 is 7.19. The smallest absolute Gasteiger partial charge is 0.253 e. The zero-order chi connectivity index (χ0) is 20.4. The van der Waals surface area contributed by atoms with Crippen LogP contribution in [0.3, 0.4) is 0 Å². The number of hydrogen-bond acceptors (Lipinski definition) is 6. The summed E-state index contributed by atoms with van der Waals surface area (Å²) in [6.07, 6.45) is 1.81. The topological polar surface area (TPSA) is 107 Å². The molecular formula is C21H22IN5O2. The molecule has 1 amide bonds. The van der Waals surface area contributed by atoms with E-state index in [1.165, 1.54) is 0 Å². The second-order valence-electron chi connectivity index (χ2n) is 7.17. The third kappa shape index (κ3) is 4.36. The number of rotatable bonds is 4. The van der Waals surface area contributed by atoms with E-state index in [2.05, 4.69) is 32.6 Å². The summed E-state index contributed by atoms with van der Waals surface area (Å²) >= 11 is 2.24. The van der Waals surface area contributed by atoms with Crippen LogP contribution in [0.2, 0.25) is 0 Å². The first-order valence-electron chi connectivity index (χ1n) is 9.50. The number of piperidine rings is 1. The summed E-state index contributed by atoms with van der Waals surface area (Å²) in [6.45, 7) is 2.03. The molecule has 29 heavy (non-hydrogen) atoms. The molecule has 2 aromatic carbocycles. The van der Waals surface area contributed by atoms with Crippen LogP contribution in [-0.2, 0) is 0 Å². The van der Waals surface area contributed by atoms with Crippen molar-refractivity contribution in [3.63, 3.8) is 0 Å². The predicted octanol–water partition coefficient (Wildman–Crippen LogP) is 3.33. The van der Waals surface area contributed by atoms with Crippen molar-refractivity contribution in [3.8, 4) is 5.75 Å². The zero-order valence-electron chi connectivity index (χ0n) is 15.8. The van der Waals surface area contributed by atoms with Crippen LogP contribution >= 0.6 is 22.6 Å². The SMILES string of the molecule is Nc1nc(N)c2c(OCC3CCN(C(=O)c4ccc(I)cc4)CC3)cccc2n1. The van der Waals surface area contributed by atoms with E-state index in [9.17, 15) is 4.79 Å². The zero-order valence-corrected chi connectivity index (χ0v) is 18.0. The van der Waals surface area contributed by atoms with E-state index in [1.54, 1.807) is 0 Å². The quantitative estimate of drug-likeness (QED) is 0.529. The number of nitrogen functional groups attached to an aromatic ring is 2. The molecule has 1 aliphatic rings. The van der Waals surface area contributed by atoms with Crippen LogP contribution in [0.4, 0.5) is 11.8 Å². The maximum atomic E-state index is 12.7. The minimum atomic E-state index is 0.0948. The Labute approximate surface area is 182 Å². The number of aromatic nitrogens is 2. The number of fused-ring (bicyclic) bond motifs is 1. The molecule has 1 fully saturated rings. The Kier molecular flexibility index (Phi) is 5.70. The first kappa shape index (κ1) is 19.7. The van der Waals surface area contributed by atoms with Gasteiger partial charge in [-0.1, -0.05) is 6.07 Å². The van der Waals surface area contributed by atoms with Gasteiger partial charge in [0.15, 0.2) is 0 Å². The fourth-order valence-electron chi connectivity index (χ4n) is 3.60. The average Bonchev–Trinajstić information content (AvgIpc) is 2.72. The van der Waals surface area contributed by atoms with E-state index in [1.807, 2.05) is 47.4 Å². The molecule has 2 heterocycles. The molecular weight excluding hydrogens is 481 g/mol. The summed E-state index contributed by atoms with van der Waals surface area (Å²) in [5.41, 5.74) is 13.1. The van der Waals surface area contributed by atoms with Gasteiger partial charge in [-0.25, -0.2) is 4.98 Å². The summed E-state index contributed by atoms with van der Waals surface area (Å²) in [7, 11) is 0. The number of hydrogen-bond donors (Lipinski definition) is 2. The molecule has 0 radical (unpaired) electrons. The van der Waals surface area contributed by atoms with Gasteiger partial charge in [0.1, 0.15) is 11.6 Å². The number of nitrogens with zero attached hydrogens (tertiary/aromatic N) is 3.